The summed E-state index contributed by atoms with van der Waals surface area (Å²) in [6.07, 6.45) is 4.88. The molecule has 1 fully saturated rings. The second-order valence-electron chi connectivity index (χ2n) is 8.00. The smallest absolute Gasteiger partial charge is 0.161 e. The van der Waals surface area contributed by atoms with Gasteiger partial charge >= 0.3 is 0 Å². The summed E-state index contributed by atoms with van der Waals surface area (Å²) in [7, 11) is 2.13. The lowest BCUT2D eigenvalue weighted by atomic mass is 10.1. The lowest BCUT2D eigenvalue weighted by molar-refractivity contribution is 0.312. The van der Waals surface area contributed by atoms with Crippen LogP contribution in [0.25, 0.3) is 44.8 Å². The Labute approximate surface area is 183 Å². The lowest BCUT2D eigenvalue weighted by Gasteiger charge is -2.33. The second kappa shape index (κ2) is 7.27. The Kier molecular flexibility index (Phi) is 4.25. The first-order chi connectivity index (χ1) is 15.7. The maximum atomic E-state index is 9.77. The third-order valence-corrected chi connectivity index (χ3v) is 5.84. The minimum absolute atomic E-state index is 0.0954. The fraction of sp³-hybridized carbons (Fsp3) is 0.227. The van der Waals surface area contributed by atoms with Crippen molar-refractivity contribution in [3.8, 4) is 28.5 Å². The zero-order chi connectivity index (χ0) is 21.7. The van der Waals surface area contributed by atoms with Gasteiger partial charge in [-0.2, -0.15) is 5.10 Å². The SMILES string of the molecule is CN1CCN(c2nccc3[nH]c(-c4n[nH]c5ccc(-c6cncc(O)c6)nc45)nc23)CC1. The molecule has 10 heteroatoms. The van der Waals surface area contributed by atoms with Gasteiger partial charge in [0.05, 0.1) is 22.9 Å². The number of hydrogen-bond donors (Lipinski definition) is 3. The van der Waals surface area contributed by atoms with Crippen LogP contribution in [-0.4, -0.2) is 78.4 Å². The minimum Gasteiger partial charge on any atom is -0.506 e. The fourth-order valence-corrected chi connectivity index (χ4v) is 4.08. The van der Waals surface area contributed by atoms with Crippen molar-refractivity contribution in [3.63, 3.8) is 0 Å². The average Bonchev–Trinajstić information content (AvgIpc) is 3.43. The van der Waals surface area contributed by atoms with Crippen LogP contribution in [0.2, 0.25) is 0 Å². The largest absolute Gasteiger partial charge is 0.506 e. The highest BCUT2D eigenvalue weighted by atomic mass is 16.3. The topological polar surface area (TPSA) is 123 Å². The van der Waals surface area contributed by atoms with E-state index in [9.17, 15) is 5.11 Å². The molecule has 5 aromatic heterocycles. The van der Waals surface area contributed by atoms with Gasteiger partial charge in [0, 0.05) is 44.1 Å². The van der Waals surface area contributed by atoms with Crippen LogP contribution < -0.4 is 4.90 Å². The van der Waals surface area contributed by atoms with Crippen molar-refractivity contribution in [1.29, 1.82) is 0 Å². The van der Waals surface area contributed by atoms with Crippen molar-refractivity contribution in [1.82, 2.24) is 40.0 Å². The van der Waals surface area contributed by atoms with Crippen LogP contribution in [0.4, 0.5) is 5.82 Å². The van der Waals surface area contributed by atoms with E-state index in [1.54, 1.807) is 12.3 Å². The van der Waals surface area contributed by atoms with Gasteiger partial charge in [0.2, 0.25) is 0 Å². The van der Waals surface area contributed by atoms with Gasteiger partial charge in [-0.25, -0.2) is 15.0 Å². The molecule has 0 bridgehead atoms. The van der Waals surface area contributed by atoms with Crippen LogP contribution in [0.1, 0.15) is 0 Å². The molecule has 0 spiro atoms. The number of H-pyrrole nitrogens is 2. The molecule has 0 saturated carbocycles. The van der Waals surface area contributed by atoms with Gasteiger partial charge in [0.25, 0.3) is 0 Å². The molecule has 0 atom stereocenters. The van der Waals surface area contributed by atoms with Gasteiger partial charge in [-0.3, -0.25) is 10.1 Å². The van der Waals surface area contributed by atoms with Crippen LogP contribution in [0, 0.1) is 0 Å². The second-order valence-corrected chi connectivity index (χ2v) is 8.00. The molecule has 0 unspecified atom stereocenters. The number of fused-ring (bicyclic) bond motifs is 2. The number of nitrogens with one attached hydrogen (secondary N) is 2. The van der Waals surface area contributed by atoms with Crippen LogP contribution in [0.5, 0.6) is 5.75 Å². The highest BCUT2D eigenvalue weighted by Crippen LogP contribution is 2.30. The van der Waals surface area contributed by atoms with E-state index in [2.05, 4.69) is 42.0 Å². The van der Waals surface area contributed by atoms with E-state index in [1.807, 2.05) is 24.4 Å². The molecule has 32 heavy (non-hydrogen) atoms. The number of anilines is 1. The molecule has 1 saturated heterocycles. The summed E-state index contributed by atoms with van der Waals surface area (Å²) in [5, 5.41) is 17.3. The molecule has 0 radical (unpaired) electrons. The van der Waals surface area contributed by atoms with E-state index in [1.165, 1.54) is 6.20 Å². The van der Waals surface area contributed by atoms with E-state index in [0.29, 0.717) is 22.7 Å². The van der Waals surface area contributed by atoms with Crippen molar-refractivity contribution < 1.29 is 5.11 Å². The zero-order valence-corrected chi connectivity index (χ0v) is 17.4. The summed E-state index contributed by atoms with van der Waals surface area (Å²) in [5.41, 5.74) is 5.29. The third-order valence-electron chi connectivity index (χ3n) is 5.84. The van der Waals surface area contributed by atoms with Gasteiger partial charge in [-0.05, 0) is 31.3 Å². The molecule has 6 heterocycles. The molecule has 6 rings (SSSR count). The molecule has 5 aromatic rings. The van der Waals surface area contributed by atoms with Gasteiger partial charge in [-0.15, -0.1) is 0 Å². The van der Waals surface area contributed by atoms with Crippen molar-refractivity contribution >= 4 is 27.9 Å². The maximum Gasteiger partial charge on any atom is 0.161 e. The Hall–Kier alpha value is -4.05. The van der Waals surface area contributed by atoms with Gasteiger partial charge < -0.3 is 19.9 Å². The summed E-state index contributed by atoms with van der Waals surface area (Å²) in [6.45, 7) is 3.82. The van der Waals surface area contributed by atoms with Gasteiger partial charge in [-0.1, -0.05) is 0 Å². The number of aromatic amines is 2. The summed E-state index contributed by atoms with van der Waals surface area (Å²) in [6, 6.07) is 7.35. The maximum absolute atomic E-state index is 9.77. The fourth-order valence-electron chi connectivity index (χ4n) is 4.08. The lowest BCUT2D eigenvalue weighted by Crippen LogP contribution is -2.44. The third kappa shape index (κ3) is 3.12. The molecular formula is C22H21N9O. The number of pyridine rings is 3. The van der Waals surface area contributed by atoms with Gasteiger partial charge in [0.15, 0.2) is 17.3 Å². The molecular weight excluding hydrogens is 406 g/mol. The Balaban J connectivity index is 1.44. The van der Waals surface area contributed by atoms with Crippen LogP contribution in [0.15, 0.2) is 42.9 Å². The molecule has 0 amide bonds. The molecule has 0 aromatic carbocycles. The highest BCUT2D eigenvalue weighted by molar-refractivity contribution is 5.93. The summed E-state index contributed by atoms with van der Waals surface area (Å²) in [4.78, 5) is 26.3. The summed E-state index contributed by atoms with van der Waals surface area (Å²) >= 11 is 0. The highest BCUT2D eigenvalue weighted by Gasteiger charge is 2.21. The number of aromatic hydroxyl groups is 1. The molecule has 10 nitrogen and oxygen atoms in total. The predicted molar refractivity (Wildman–Crippen MR) is 121 cm³/mol. The number of rotatable bonds is 3. The van der Waals surface area contributed by atoms with Crippen molar-refractivity contribution in [2.45, 2.75) is 0 Å². The van der Waals surface area contributed by atoms with Gasteiger partial charge in [0.1, 0.15) is 16.8 Å². The standard InChI is InChI=1S/C22H21N9O/c1-30-6-8-31(9-7-30)22-19-16(4-5-24-22)26-21(27-19)20-18-17(28-29-20)3-2-15(25-18)13-10-14(32)12-23-11-13/h2-5,10-12,32H,6-9H2,1H3,(H,26,27)(H,28,29). The van der Waals surface area contributed by atoms with Crippen molar-refractivity contribution in [3.05, 3.63) is 42.9 Å². The monoisotopic (exact) mass is 427 g/mol. The summed E-state index contributed by atoms with van der Waals surface area (Å²) in [5.74, 6) is 1.61. The van der Waals surface area contributed by atoms with E-state index < -0.39 is 0 Å². The van der Waals surface area contributed by atoms with Crippen molar-refractivity contribution in [2.75, 3.05) is 38.1 Å². The Morgan fingerprint density at radius 1 is 0.969 bits per heavy atom. The number of imidazole rings is 1. The molecule has 1 aliphatic rings. The van der Waals surface area contributed by atoms with Crippen LogP contribution in [0.3, 0.4) is 0 Å². The predicted octanol–water partition coefficient (Wildman–Crippen LogP) is 2.42. The Morgan fingerprint density at radius 3 is 2.69 bits per heavy atom. The number of piperazine rings is 1. The molecule has 160 valence electrons. The summed E-state index contributed by atoms with van der Waals surface area (Å²) < 4.78 is 0. The van der Waals surface area contributed by atoms with E-state index in [0.717, 1.165) is 54.1 Å². The van der Waals surface area contributed by atoms with E-state index in [-0.39, 0.29) is 5.75 Å². The first kappa shape index (κ1) is 18.7. The average molecular weight is 427 g/mol. The Bertz CT molecular complexity index is 1430. The molecule has 3 N–H and O–H groups in total. The first-order valence-corrected chi connectivity index (χ1v) is 10.4. The van der Waals surface area contributed by atoms with Crippen molar-refractivity contribution in [2.24, 2.45) is 0 Å². The van der Waals surface area contributed by atoms with Crippen LogP contribution in [-0.2, 0) is 0 Å². The number of nitrogens with zero attached hydrogens (tertiary/aromatic N) is 7. The van der Waals surface area contributed by atoms with E-state index >= 15 is 0 Å². The first-order valence-electron chi connectivity index (χ1n) is 10.4. The minimum atomic E-state index is 0.0954. The van der Waals surface area contributed by atoms with E-state index in [4.69, 9.17) is 9.97 Å². The quantitative estimate of drug-likeness (QED) is 0.401. The molecule has 0 aliphatic carbocycles. The molecule has 1 aliphatic heterocycles. The Morgan fingerprint density at radius 2 is 1.84 bits per heavy atom. The number of hydrogen-bond acceptors (Lipinski definition) is 8. The number of aromatic nitrogens is 7. The zero-order valence-electron chi connectivity index (χ0n) is 17.4. The number of likely N-dealkylation sites (N-methyl/N-ethyl adjacent to an activating group) is 1. The van der Waals surface area contributed by atoms with Crippen LogP contribution >= 0.6 is 0 Å². The normalized spacial score (nSPS) is 15.1.